The van der Waals surface area contributed by atoms with Crippen molar-refractivity contribution in [3.05, 3.63) is 22.5 Å². The molecule has 0 aliphatic carbocycles. The number of aliphatic carboxylic acids is 1. The maximum Gasteiger partial charge on any atom is 0.352 e. The first-order valence-electron chi connectivity index (χ1n) is 5.56. The van der Waals surface area contributed by atoms with Gasteiger partial charge in [-0.1, -0.05) is 0 Å². The van der Waals surface area contributed by atoms with E-state index >= 15 is 0 Å². The molecule has 0 aliphatic rings. The largest absolute Gasteiger partial charge is 0.481 e. The standard InChI is InChI=1S/C12H17NO4/c1-7-9(5-3-4-6-10(14)15)8(2)13-11(7)12(16)17/h13H,3-6H2,1-2H3,(H,14,15)(H,16,17). The van der Waals surface area contributed by atoms with Crippen molar-refractivity contribution >= 4 is 11.9 Å². The van der Waals surface area contributed by atoms with Gasteiger partial charge in [0.2, 0.25) is 0 Å². The van der Waals surface area contributed by atoms with Gasteiger partial charge in [-0.25, -0.2) is 4.79 Å². The van der Waals surface area contributed by atoms with Crippen LogP contribution in [0.5, 0.6) is 0 Å². The Morgan fingerprint density at radius 3 is 2.29 bits per heavy atom. The van der Waals surface area contributed by atoms with Crippen LogP contribution in [0.15, 0.2) is 0 Å². The number of unbranched alkanes of at least 4 members (excludes halogenated alkanes) is 1. The Balaban J connectivity index is 2.65. The number of carboxylic acid groups (broad SMARTS) is 2. The van der Waals surface area contributed by atoms with E-state index in [1.807, 2.05) is 6.92 Å². The van der Waals surface area contributed by atoms with Gasteiger partial charge >= 0.3 is 11.9 Å². The van der Waals surface area contributed by atoms with Crippen molar-refractivity contribution in [2.45, 2.75) is 39.5 Å². The van der Waals surface area contributed by atoms with Crippen molar-refractivity contribution in [2.75, 3.05) is 0 Å². The highest BCUT2D eigenvalue weighted by Gasteiger charge is 2.15. The lowest BCUT2D eigenvalue weighted by Crippen LogP contribution is -1.99. The Hall–Kier alpha value is -1.78. The highest BCUT2D eigenvalue weighted by atomic mass is 16.4. The molecule has 1 aromatic heterocycles. The Morgan fingerprint density at radius 2 is 1.82 bits per heavy atom. The lowest BCUT2D eigenvalue weighted by molar-refractivity contribution is -0.137. The SMILES string of the molecule is Cc1[nH]c(C(=O)O)c(C)c1CCCCC(=O)O. The predicted molar refractivity (Wildman–Crippen MR) is 62.4 cm³/mol. The van der Waals surface area contributed by atoms with E-state index in [1.54, 1.807) is 6.92 Å². The first-order valence-corrected chi connectivity index (χ1v) is 5.56. The molecule has 5 nitrogen and oxygen atoms in total. The summed E-state index contributed by atoms with van der Waals surface area (Å²) < 4.78 is 0. The number of rotatable bonds is 6. The van der Waals surface area contributed by atoms with Crippen molar-refractivity contribution in [1.29, 1.82) is 0 Å². The van der Waals surface area contributed by atoms with Crippen LogP contribution >= 0.6 is 0 Å². The van der Waals surface area contributed by atoms with Gasteiger partial charge in [0.15, 0.2) is 0 Å². The molecule has 1 heterocycles. The zero-order valence-corrected chi connectivity index (χ0v) is 10.0. The second kappa shape index (κ2) is 5.52. The number of carbonyl (C=O) groups is 2. The van der Waals surface area contributed by atoms with Gasteiger partial charge in [-0.15, -0.1) is 0 Å². The number of carboxylic acids is 2. The molecule has 5 heteroatoms. The van der Waals surface area contributed by atoms with Crippen molar-refractivity contribution < 1.29 is 19.8 Å². The molecule has 17 heavy (non-hydrogen) atoms. The summed E-state index contributed by atoms with van der Waals surface area (Å²) in [6.45, 7) is 3.62. The third-order valence-electron chi connectivity index (χ3n) is 2.87. The number of aryl methyl sites for hydroxylation is 1. The van der Waals surface area contributed by atoms with Crippen molar-refractivity contribution in [2.24, 2.45) is 0 Å². The van der Waals surface area contributed by atoms with Crippen molar-refractivity contribution in [3.8, 4) is 0 Å². The average molecular weight is 239 g/mol. The van der Waals surface area contributed by atoms with E-state index in [9.17, 15) is 9.59 Å². The molecule has 0 aromatic carbocycles. The average Bonchev–Trinajstić information content (AvgIpc) is 2.50. The van der Waals surface area contributed by atoms with Crippen LogP contribution in [0.25, 0.3) is 0 Å². The van der Waals surface area contributed by atoms with Crippen LogP contribution in [0.1, 0.15) is 46.6 Å². The summed E-state index contributed by atoms with van der Waals surface area (Å²) in [6.07, 6.45) is 2.25. The monoisotopic (exact) mass is 239 g/mol. The van der Waals surface area contributed by atoms with Crippen molar-refractivity contribution in [3.63, 3.8) is 0 Å². The van der Waals surface area contributed by atoms with E-state index in [1.165, 1.54) is 0 Å². The van der Waals surface area contributed by atoms with E-state index < -0.39 is 11.9 Å². The summed E-state index contributed by atoms with van der Waals surface area (Å²) in [5, 5.41) is 17.5. The van der Waals surface area contributed by atoms with Crippen LogP contribution in [0.4, 0.5) is 0 Å². The fourth-order valence-electron chi connectivity index (χ4n) is 1.96. The molecule has 0 saturated carbocycles. The van der Waals surface area contributed by atoms with Gasteiger partial charge in [-0.2, -0.15) is 0 Å². The van der Waals surface area contributed by atoms with E-state index in [0.717, 1.165) is 23.2 Å². The van der Waals surface area contributed by atoms with Crippen LogP contribution in [0.2, 0.25) is 0 Å². The quantitative estimate of drug-likeness (QED) is 0.663. The second-order valence-electron chi connectivity index (χ2n) is 4.13. The van der Waals surface area contributed by atoms with Crippen LogP contribution in [0, 0.1) is 13.8 Å². The first kappa shape index (κ1) is 13.3. The summed E-state index contributed by atoms with van der Waals surface area (Å²) >= 11 is 0. The lowest BCUT2D eigenvalue weighted by Gasteiger charge is -2.01. The van der Waals surface area contributed by atoms with E-state index in [4.69, 9.17) is 10.2 Å². The molecular formula is C12H17NO4. The summed E-state index contributed by atoms with van der Waals surface area (Å²) in [5.74, 6) is -1.75. The normalized spacial score (nSPS) is 10.5. The molecule has 0 spiro atoms. The maximum absolute atomic E-state index is 10.9. The van der Waals surface area contributed by atoms with Gasteiger partial charge in [-0.3, -0.25) is 4.79 Å². The van der Waals surface area contributed by atoms with Crippen LogP contribution < -0.4 is 0 Å². The summed E-state index contributed by atoms with van der Waals surface area (Å²) in [6, 6.07) is 0. The van der Waals surface area contributed by atoms with E-state index in [2.05, 4.69) is 4.98 Å². The Morgan fingerprint density at radius 1 is 1.18 bits per heavy atom. The second-order valence-corrected chi connectivity index (χ2v) is 4.13. The molecule has 94 valence electrons. The number of hydrogen-bond donors (Lipinski definition) is 3. The molecular weight excluding hydrogens is 222 g/mol. The zero-order chi connectivity index (χ0) is 13.0. The summed E-state index contributed by atoms with van der Waals surface area (Å²) in [5.41, 5.74) is 2.84. The minimum atomic E-state index is -0.956. The minimum absolute atomic E-state index is 0.161. The summed E-state index contributed by atoms with van der Waals surface area (Å²) in [4.78, 5) is 24.1. The van der Waals surface area contributed by atoms with E-state index in [0.29, 0.717) is 12.8 Å². The molecule has 0 saturated heterocycles. The van der Waals surface area contributed by atoms with Gasteiger partial charge in [-0.05, 0) is 44.2 Å². The van der Waals surface area contributed by atoms with Gasteiger partial charge in [0.1, 0.15) is 5.69 Å². The zero-order valence-electron chi connectivity index (χ0n) is 10.0. The Kier molecular flexibility index (Phi) is 4.31. The molecule has 0 bridgehead atoms. The van der Waals surface area contributed by atoms with Gasteiger partial charge in [0.25, 0.3) is 0 Å². The number of hydrogen-bond acceptors (Lipinski definition) is 2. The van der Waals surface area contributed by atoms with E-state index in [-0.39, 0.29) is 12.1 Å². The van der Waals surface area contributed by atoms with Gasteiger partial charge in [0, 0.05) is 12.1 Å². The highest BCUT2D eigenvalue weighted by molar-refractivity contribution is 5.88. The fourth-order valence-corrected chi connectivity index (χ4v) is 1.96. The van der Waals surface area contributed by atoms with Gasteiger partial charge in [0.05, 0.1) is 0 Å². The number of aromatic nitrogens is 1. The molecule has 0 amide bonds. The number of aromatic amines is 1. The third kappa shape index (κ3) is 3.34. The topological polar surface area (TPSA) is 90.4 Å². The lowest BCUT2D eigenvalue weighted by atomic mass is 10.0. The molecule has 1 rings (SSSR count). The molecule has 0 radical (unpaired) electrons. The number of aromatic carboxylic acids is 1. The summed E-state index contributed by atoms with van der Waals surface area (Å²) in [7, 11) is 0. The molecule has 0 unspecified atom stereocenters. The maximum atomic E-state index is 10.9. The first-order chi connectivity index (χ1) is 7.93. The number of H-pyrrole nitrogens is 1. The fraction of sp³-hybridized carbons (Fsp3) is 0.500. The molecule has 3 N–H and O–H groups in total. The van der Waals surface area contributed by atoms with Gasteiger partial charge < -0.3 is 15.2 Å². The van der Waals surface area contributed by atoms with Crippen LogP contribution in [-0.2, 0) is 11.2 Å². The van der Waals surface area contributed by atoms with Crippen LogP contribution in [0.3, 0.4) is 0 Å². The Labute approximate surface area is 99.5 Å². The number of nitrogens with one attached hydrogen (secondary N) is 1. The highest BCUT2D eigenvalue weighted by Crippen LogP contribution is 2.20. The smallest absolute Gasteiger partial charge is 0.352 e. The molecule has 0 aliphatic heterocycles. The van der Waals surface area contributed by atoms with Crippen LogP contribution in [-0.4, -0.2) is 27.1 Å². The molecule has 1 aromatic rings. The van der Waals surface area contributed by atoms with Crippen molar-refractivity contribution in [1.82, 2.24) is 4.98 Å². The molecule has 0 fully saturated rings. The third-order valence-corrected chi connectivity index (χ3v) is 2.87. The predicted octanol–water partition coefficient (Wildman–Crippen LogP) is 2.13. The Bertz CT molecular complexity index is 434. The molecule has 0 atom stereocenters. The minimum Gasteiger partial charge on any atom is -0.481 e.